The number of hydrogen-bond donors (Lipinski definition) is 1. The highest BCUT2D eigenvalue weighted by atomic mass is 19.4. The minimum atomic E-state index is -4.99. The molecular formula is C19H25F3N2O4. The fraction of sp³-hybridized carbons (Fsp3) is 0.579. The molecule has 1 aromatic carbocycles. The average Bonchev–Trinajstić information content (AvgIpc) is 3.11. The van der Waals surface area contributed by atoms with Crippen LogP contribution in [0.15, 0.2) is 18.2 Å². The van der Waals surface area contributed by atoms with Gasteiger partial charge in [0.15, 0.2) is 11.5 Å². The highest BCUT2D eigenvalue weighted by Gasteiger charge is 2.47. The molecule has 0 radical (unpaired) electrons. The highest BCUT2D eigenvalue weighted by molar-refractivity contribution is 5.90. The smallest absolute Gasteiger partial charge is 0.471 e. The summed E-state index contributed by atoms with van der Waals surface area (Å²) in [5.41, 5.74) is 0.715. The molecular weight excluding hydrogens is 377 g/mol. The molecule has 9 heteroatoms. The number of amides is 2. The maximum absolute atomic E-state index is 12.7. The molecule has 6 nitrogen and oxygen atoms in total. The molecule has 0 aromatic heterocycles. The Morgan fingerprint density at radius 2 is 1.86 bits per heavy atom. The van der Waals surface area contributed by atoms with Crippen molar-refractivity contribution in [3.8, 4) is 11.5 Å². The summed E-state index contributed by atoms with van der Waals surface area (Å²) in [5, 5.41) is 2.70. The van der Waals surface area contributed by atoms with Crippen LogP contribution in [0.25, 0.3) is 0 Å². The van der Waals surface area contributed by atoms with E-state index in [1.165, 1.54) is 0 Å². The van der Waals surface area contributed by atoms with Crippen LogP contribution < -0.4 is 14.8 Å². The van der Waals surface area contributed by atoms with E-state index in [-0.39, 0.29) is 13.0 Å². The fourth-order valence-corrected chi connectivity index (χ4v) is 3.18. The van der Waals surface area contributed by atoms with Gasteiger partial charge in [-0.2, -0.15) is 13.2 Å². The van der Waals surface area contributed by atoms with Gasteiger partial charge in [-0.25, -0.2) is 0 Å². The average molecular weight is 402 g/mol. The van der Waals surface area contributed by atoms with Crippen LogP contribution in [0.2, 0.25) is 0 Å². The van der Waals surface area contributed by atoms with E-state index in [1.54, 1.807) is 25.1 Å². The van der Waals surface area contributed by atoms with Gasteiger partial charge in [0.05, 0.1) is 19.3 Å². The summed E-state index contributed by atoms with van der Waals surface area (Å²) in [7, 11) is 0. The van der Waals surface area contributed by atoms with Crippen molar-refractivity contribution in [3.05, 3.63) is 23.8 Å². The van der Waals surface area contributed by atoms with Crippen molar-refractivity contribution in [3.63, 3.8) is 0 Å². The first-order chi connectivity index (χ1) is 13.2. The Labute approximate surface area is 162 Å². The van der Waals surface area contributed by atoms with E-state index in [0.29, 0.717) is 41.6 Å². The van der Waals surface area contributed by atoms with Crippen LogP contribution in [-0.4, -0.2) is 48.7 Å². The van der Waals surface area contributed by atoms with Gasteiger partial charge in [0.25, 0.3) is 0 Å². The second kappa shape index (κ2) is 9.16. The van der Waals surface area contributed by atoms with Crippen molar-refractivity contribution in [2.75, 3.05) is 19.8 Å². The van der Waals surface area contributed by atoms with Crippen molar-refractivity contribution in [1.29, 1.82) is 0 Å². The molecule has 2 atom stereocenters. The lowest BCUT2D eigenvalue weighted by Gasteiger charge is -2.26. The van der Waals surface area contributed by atoms with Crippen LogP contribution in [-0.2, 0) is 9.59 Å². The van der Waals surface area contributed by atoms with Crippen molar-refractivity contribution in [2.45, 2.75) is 51.9 Å². The molecule has 1 aliphatic heterocycles. The second-order valence-electron chi connectivity index (χ2n) is 6.46. The lowest BCUT2D eigenvalue weighted by atomic mass is 10.1. The maximum Gasteiger partial charge on any atom is 0.471 e. The lowest BCUT2D eigenvalue weighted by molar-refractivity contribution is -0.186. The number of nitrogens with zero attached hydrogens (tertiary/aromatic N) is 1. The van der Waals surface area contributed by atoms with E-state index in [0.717, 1.165) is 0 Å². The summed E-state index contributed by atoms with van der Waals surface area (Å²) in [6, 6.07) is 3.61. The zero-order valence-corrected chi connectivity index (χ0v) is 16.1. The van der Waals surface area contributed by atoms with Crippen molar-refractivity contribution in [1.82, 2.24) is 10.2 Å². The van der Waals surface area contributed by atoms with Gasteiger partial charge >= 0.3 is 12.1 Å². The number of likely N-dealkylation sites (tertiary alicyclic amines) is 1. The molecule has 0 spiro atoms. The molecule has 156 valence electrons. The summed E-state index contributed by atoms with van der Waals surface area (Å²) in [4.78, 5) is 24.7. The molecule has 1 aromatic rings. The first kappa shape index (κ1) is 21.8. The van der Waals surface area contributed by atoms with E-state index in [1.807, 2.05) is 13.8 Å². The Kier molecular flexibility index (Phi) is 7.15. The van der Waals surface area contributed by atoms with Crippen LogP contribution in [0.3, 0.4) is 0 Å². The van der Waals surface area contributed by atoms with Crippen molar-refractivity contribution >= 4 is 11.8 Å². The topological polar surface area (TPSA) is 67.9 Å². The number of hydrogen-bond acceptors (Lipinski definition) is 4. The highest BCUT2D eigenvalue weighted by Crippen LogP contribution is 2.31. The van der Waals surface area contributed by atoms with Crippen molar-refractivity contribution < 1.29 is 32.2 Å². The molecule has 2 amide bonds. The molecule has 28 heavy (non-hydrogen) atoms. The summed E-state index contributed by atoms with van der Waals surface area (Å²) < 4.78 is 49.3. The monoisotopic (exact) mass is 402 g/mol. The third kappa shape index (κ3) is 5.08. The van der Waals surface area contributed by atoms with Crippen LogP contribution in [0.1, 0.15) is 45.2 Å². The van der Waals surface area contributed by atoms with Gasteiger partial charge < -0.3 is 19.7 Å². The number of rotatable bonds is 7. The number of halogens is 3. The van der Waals surface area contributed by atoms with Crippen molar-refractivity contribution in [2.24, 2.45) is 0 Å². The molecule has 0 unspecified atom stereocenters. The van der Waals surface area contributed by atoms with Gasteiger partial charge in [0, 0.05) is 6.54 Å². The minimum Gasteiger partial charge on any atom is -0.490 e. The zero-order chi connectivity index (χ0) is 20.9. The molecule has 1 saturated heterocycles. The number of carbonyl (C=O) groups is 2. The number of alkyl halides is 3. The molecule has 1 N–H and O–H groups in total. The van der Waals surface area contributed by atoms with E-state index < -0.39 is 30.1 Å². The quantitative estimate of drug-likeness (QED) is 0.761. The number of benzene rings is 1. The Morgan fingerprint density at radius 1 is 1.21 bits per heavy atom. The van der Waals surface area contributed by atoms with E-state index in [4.69, 9.17) is 9.47 Å². The summed E-state index contributed by atoms with van der Waals surface area (Å²) in [6.45, 7) is 6.22. The molecule has 0 bridgehead atoms. The summed E-state index contributed by atoms with van der Waals surface area (Å²) >= 11 is 0. The van der Waals surface area contributed by atoms with E-state index >= 15 is 0 Å². The number of ether oxygens (including phenoxy) is 2. The zero-order valence-electron chi connectivity index (χ0n) is 16.1. The van der Waals surface area contributed by atoms with Crippen LogP contribution in [0.5, 0.6) is 11.5 Å². The largest absolute Gasteiger partial charge is 0.490 e. The van der Waals surface area contributed by atoms with Gasteiger partial charge in [-0.3, -0.25) is 9.59 Å². The standard InChI is InChI=1S/C19H25F3N2O4/c1-4-27-15-9-8-13(11-16(15)28-5-2)12(3)23-17(25)14-7-6-10-24(14)18(26)19(20,21)22/h8-9,11-12,14H,4-7,10H2,1-3H3,(H,23,25)/t12-,14-/m1/s1. The summed E-state index contributed by atoms with van der Waals surface area (Å²) in [5.74, 6) is -1.48. The predicted molar refractivity (Wildman–Crippen MR) is 96.1 cm³/mol. The maximum atomic E-state index is 12.7. The molecule has 2 rings (SSSR count). The Bertz CT molecular complexity index is 709. The Balaban J connectivity index is 2.11. The third-order valence-corrected chi connectivity index (χ3v) is 4.49. The fourth-order valence-electron chi connectivity index (χ4n) is 3.18. The van der Waals surface area contributed by atoms with Crippen LogP contribution in [0.4, 0.5) is 13.2 Å². The number of nitrogens with one attached hydrogen (secondary N) is 1. The minimum absolute atomic E-state index is 0.0810. The van der Waals surface area contributed by atoms with Gasteiger partial charge in [-0.15, -0.1) is 0 Å². The van der Waals surface area contributed by atoms with Gasteiger partial charge in [0.1, 0.15) is 6.04 Å². The predicted octanol–water partition coefficient (Wildman–Crippen LogP) is 3.21. The first-order valence-corrected chi connectivity index (χ1v) is 9.26. The number of carbonyl (C=O) groups excluding carboxylic acids is 2. The molecule has 1 aliphatic rings. The van der Waals surface area contributed by atoms with Gasteiger partial charge in [-0.1, -0.05) is 6.07 Å². The second-order valence-corrected chi connectivity index (χ2v) is 6.46. The molecule has 1 heterocycles. The normalized spacial score (nSPS) is 17.9. The van der Waals surface area contributed by atoms with Gasteiger partial charge in [-0.05, 0) is 51.3 Å². The summed E-state index contributed by atoms with van der Waals surface area (Å²) in [6.07, 6.45) is -4.43. The van der Waals surface area contributed by atoms with Gasteiger partial charge in [0.2, 0.25) is 5.91 Å². The molecule has 1 fully saturated rings. The van der Waals surface area contributed by atoms with E-state index in [2.05, 4.69) is 5.32 Å². The molecule has 0 saturated carbocycles. The van der Waals surface area contributed by atoms with Crippen LogP contribution in [0, 0.1) is 0 Å². The molecule has 0 aliphatic carbocycles. The SMILES string of the molecule is CCOc1ccc([C@@H](C)NC(=O)[C@H]2CCCN2C(=O)C(F)(F)F)cc1OCC. The lowest BCUT2D eigenvalue weighted by Crippen LogP contribution is -2.50. The Hall–Kier alpha value is -2.45. The van der Waals surface area contributed by atoms with E-state index in [9.17, 15) is 22.8 Å². The Morgan fingerprint density at radius 3 is 2.46 bits per heavy atom. The van der Waals surface area contributed by atoms with Crippen LogP contribution >= 0.6 is 0 Å². The first-order valence-electron chi connectivity index (χ1n) is 9.26. The third-order valence-electron chi connectivity index (χ3n) is 4.49.